The zero-order chi connectivity index (χ0) is 16.4. The van der Waals surface area contributed by atoms with Crippen LogP contribution in [0.4, 0.5) is 0 Å². The Bertz CT molecular complexity index is 522. The summed E-state index contributed by atoms with van der Waals surface area (Å²) in [7, 11) is -0.525. The van der Waals surface area contributed by atoms with E-state index in [2.05, 4.69) is 65.7 Å². The first-order valence-corrected chi connectivity index (χ1v) is 11.4. The van der Waals surface area contributed by atoms with Gasteiger partial charge in [-0.15, -0.1) is 0 Å². The Labute approximate surface area is 144 Å². The average Bonchev–Trinajstić information content (AvgIpc) is 2.35. The van der Waals surface area contributed by atoms with E-state index in [0.29, 0.717) is 5.56 Å². The molecule has 0 aromatic heterocycles. The fourth-order valence-electron chi connectivity index (χ4n) is 1.53. The molecule has 0 N–H and O–H groups in total. The van der Waals surface area contributed by atoms with Crippen molar-refractivity contribution in [2.45, 2.75) is 42.6 Å². The number of methoxy groups -OCH3 is 1. The zero-order valence-electron chi connectivity index (χ0n) is 13.3. The zero-order valence-corrected chi connectivity index (χ0v) is 17.5. The molecule has 0 aliphatic carbocycles. The number of carbonyl (C=O) groups is 1. The second-order valence-corrected chi connectivity index (χ2v) is 14.2. The minimum Gasteiger partial charge on any atom is -0.543 e. The van der Waals surface area contributed by atoms with E-state index in [1.807, 2.05) is 12.1 Å². The second kappa shape index (κ2) is 6.83. The van der Waals surface area contributed by atoms with Crippen molar-refractivity contribution in [3.63, 3.8) is 0 Å². The number of rotatable bonds is 4. The minimum absolute atomic E-state index is 0.121. The Balaban J connectivity index is 3.18. The van der Waals surface area contributed by atoms with Crippen LogP contribution in [-0.4, -0.2) is 21.4 Å². The third-order valence-electron chi connectivity index (χ3n) is 3.84. The SMILES string of the molecule is COC(=O)c1ccc(O[Si](C)(C)C(C)(C)C)cc1C(Br)Br. The van der Waals surface area contributed by atoms with Crippen molar-refractivity contribution in [1.29, 1.82) is 0 Å². The Morgan fingerprint density at radius 3 is 2.24 bits per heavy atom. The maximum Gasteiger partial charge on any atom is 0.338 e. The molecule has 0 aliphatic heterocycles. The molecule has 6 heteroatoms. The first-order chi connectivity index (χ1) is 9.49. The number of alkyl halides is 2. The molecule has 1 rings (SSSR count). The highest BCUT2D eigenvalue weighted by atomic mass is 79.9. The van der Waals surface area contributed by atoms with E-state index in [4.69, 9.17) is 9.16 Å². The second-order valence-electron chi connectivity index (χ2n) is 6.40. The van der Waals surface area contributed by atoms with Crippen LogP contribution in [0.1, 0.15) is 40.4 Å². The molecule has 0 bridgehead atoms. The van der Waals surface area contributed by atoms with Gasteiger partial charge in [0.15, 0.2) is 0 Å². The molecule has 0 radical (unpaired) electrons. The van der Waals surface area contributed by atoms with Crippen LogP contribution in [0.3, 0.4) is 0 Å². The van der Waals surface area contributed by atoms with Gasteiger partial charge in [0.2, 0.25) is 8.32 Å². The number of carbonyl (C=O) groups excluding carboxylic acids is 1. The molecule has 0 unspecified atom stereocenters. The first-order valence-electron chi connectivity index (χ1n) is 6.69. The topological polar surface area (TPSA) is 35.5 Å². The van der Waals surface area contributed by atoms with Crippen molar-refractivity contribution in [3.05, 3.63) is 29.3 Å². The van der Waals surface area contributed by atoms with Gasteiger partial charge in [0, 0.05) is 0 Å². The van der Waals surface area contributed by atoms with E-state index < -0.39 is 8.32 Å². The lowest BCUT2D eigenvalue weighted by Crippen LogP contribution is -2.43. The molecule has 118 valence electrons. The van der Waals surface area contributed by atoms with Gasteiger partial charge >= 0.3 is 5.97 Å². The summed E-state index contributed by atoms with van der Waals surface area (Å²) in [6.07, 6.45) is 0. The maximum atomic E-state index is 11.8. The molecule has 3 nitrogen and oxygen atoms in total. The molecule has 0 fully saturated rings. The highest BCUT2D eigenvalue weighted by molar-refractivity contribution is 9.24. The summed E-state index contributed by atoms with van der Waals surface area (Å²) in [6, 6.07) is 5.47. The molecule has 0 aliphatic rings. The van der Waals surface area contributed by atoms with Crippen molar-refractivity contribution in [1.82, 2.24) is 0 Å². The molecule has 1 aromatic carbocycles. The lowest BCUT2D eigenvalue weighted by Gasteiger charge is -2.36. The maximum absolute atomic E-state index is 11.8. The third-order valence-corrected chi connectivity index (χ3v) is 9.19. The predicted molar refractivity (Wildman–Crippen MR) is 96.2 cm³/mol. The highest BCUT2D eigenvalue weighted by Gasteiger charge is 2.39. The van der Waals surface area contributed by atoms with Gasteiger partial charge in [0.1, 0.15) is 5.75 Å². The normalized spacial score (nSPS) is 12.4. The van der Waals surface area contributed by atoms with E-state index >= 15 is 0 Å². The van der Waals surface area contributed by atoms with Crippen LogP contribution in [-0.2, 0) is 4.74 Å². The average molecular weight is 438 g/mol. The van der Waals surface area contributed by atoms with Gasteiger partial charge < -0.3 is 9.16 Å². The molecule has 0 saturated carbocycles. The number of ether oxygens (including phenoxy) is 1. The van der Waals surface area contributed by atoms with Crippen molar-refractivity contribution in [3.8, 4) is 5.75 Å². The Morgan fingerprint density at radius 2 is 1.81 bits per heavy atom. The van der Waals surface area contributed by atoms with E-state index in [1.54, 1.807) is 6.07 Å². The summed E-state index contributed by atoms with van der Waals surface area (Å²) in [4.78, 5) is 11.8. The largest absolute Gasteiger partial charge is 0.543 e. The molecule has 0 heterocycles. The van der Waals surface area contributed by atoms with Gasteiger partial charge in [0.05, 0.1) is 16.4 Å². The molecule has 0 atom stereocenters. The number of esters is 1. The van der Waals surface area contributed by atoms with Gasteiger partial charge in [-0.2, -0.15) is 0 Å². The summed E-state index contributed by atoms with van der Waals surface area (Å²) < 4.78 is 10.9. The quantitative estimate of drug-likeness (QED) is 0.347. The molecule has 0 amide bonds. The van der Waals surface area contributed by atoms with Crippen LogP contribution in [0.15, 0.2) is 18.2 Å². The van der Waals surface area contributed by atoms with Crippen LogP contribution in [0.2, 0.25) is 18.1 Å². The van der Waals surface area contributed by atoms with E-state index in [-0.39, 0.29) is 14.7 Å². The summed E-state index contributed by atoms with van der Waals surface area (Å²) in [5.74, 6) is 0.431. The summed E-state index contributed by atoms with van der Waals surface area (Å²) in [5.41, 5.74) is 1.33. The summed E-state index contributed by atoms with van der Waals surface area (Å²) >= 11 is 6.90. The monoisotopic (exact) mass is 436 g/mol. The van der Waals surface area contributed by atoms with Crippen molar-refractivity contribution >= 4 is 46.1 Å². The van der Waals surface area contributed by atoms with Gasteiger partial charge in [-0.25, -0.2) is 4.79 Å². The number of hydrogen-bond donors (Lipinski definition) is 0. The fraction of sp³-hybridized carbons (Fsp3) is 0.533. The Hall–Kier alpha value is -0.333. The fourth-order valence-corrected chi connectivity index (χ4v) is 3.31. The first kappa shape index (κ1) is 18.7. The molecular formula is C15H22Br2O3Si. The van der Waals surface area contributed by atoms with Crippen molar-refractivity contribution in [2.75, 3.05) is 7.11 Å². The van der Waals surface area contributed by atoms with Crippen LogP contribution >= 0.6 is 31.9 Å². The standard InChI is InChI=1S/C15H22Br2O3Si/c1-15(2,3)21(5,6)20-10-7-8-11(14(18)19-4)12(9-10)13(16)17/h7-9,13H,1-6H3. The smallest absolute Gasteiger partial charge is 0.338 e. The van der Waals surface area contributed by atoms with Crippen LogP contribution in [0, 0.1) is 0 Å². The van der Waals surface area contributed by atoms with E-state index in [1.165, 1.54) is 7.11 Å². The molecule has 0 spiro atoms. The third kappa shape index (κ3) is 4.57. The Morgan fingerprint density at radius 1 is 1.24 bits per heavy atom. The summed E-state index contributed by atoms with van der Waals surface area (Å²) in [6.45, 7) is 11.0. The van der Waals surface area contributed by atoms with Crippen molar-refractivity contribution in [2.24, 2.45) is 0 Å². The van der Waals surface area contributed by atoms with Gasteiger partial charge in [-0.05, 0) is 41.9 Å². The van der Waals surface area contributed by atoms with Gasteiger partial charge in [0.25, 0.3) is 0 Å². The molecule has 21 heavy (non-hydrogen) atoms. The minimum atomic E-state index is -1.90. The van der Waals surface area contributed by atoms with Crippen LogP contribution in [0.5, 0.6) is 5.75 Å². The summed E-state index contributed by atoms with van der Waals surface area (Å²) in [5, 5.41) is 0.121. The number of halogens is 2. The molecule has 1 aromatic rings. The number of benzene rings is 1. The lowest BCUT2D eigenvalue weighted by molar-refractivity contribution is 0.0600. The molecular weight excluding hydrogens is 416 g/mol. The highest BCUT2D eigenvalue weighted by Crippen LogP contribution is 2.39. The van der Waals surface area contributed by atoms with Gasteiger partial charge in [-0.1, -0.05) is 52.6 Å². The molecule has 0 saturated heterocycles. The van der Waals surface area contributed by atoms with Crippen LogP contribution < -0.4 is 4.43 Å². The van der Waals surface area contributed by atoms with E-state index in [9.17, 15) is 4.79 Å². The lowest BCUT2D eigenvalue weighted by atomic mass is 10.1. The van der Waals surface area contributed by atoms with E-state index in [0.717, 1.165) is 11.3 Å². The van der Waals surface area contributed by atoms with Crippen LogP contribution in [0.25, 0.3) is 0 Å². The number of hydrogen-bond acceptors (Lipinski definition) is 3. The predicted octanol–water partition coefficient (Wildman–Crippen LogP) is 5.65. The van der Waals surface area contributed by atoms with Gasteiger partial charge in [-0.3, -0.25) is 0 Å². The Kier molecular flexibility index (Phi) is 6.09. The van der Waals surface area contributed by atoms with Crippen molar-refractivity contribution < 1.29 is 14.0 Å².